The van der Waals surface area contributed by atoms with Crippen LogP contribution in [0, 0.1) is 26.2 Å². The summed E-state index contributed by atoms with van der Waals surface area (Å²) in [6.07, 6.45) is 0.633. The number of carbonyl (C=O) groups is 3. The lowest BCUT2D eigenvalue weighted by Crippen LogP contribution is -2.45. The van der Waals surface area contributed by atoms with Gasteiger partial charge < -0.3 is 18.9 Å². The topological polar surface area (TPSA) is 100 Å². The number of ether oxygens (including phenoxy) is 4. The van der Waals surface area contributed by atoms with Crippen molar-refractivity contribution >= 4 is 23.6 Å². The summed E-state index contributed by atoms with van der Waals surface area (Å²) in [6, 6.07) is 1.87. The molecule has 8 nitrogen and oxygen atoms in total. The summed E-state index contributed by atoms with van der Waals surface area (Å²) in [5.74, 6) is -4.51. The third kappa shape index (κ3) is 4.10. The monoisotopic (exact) mass is 471 g/mol. The molecule has 0 amide bonds. The number of esters is 2. The number of Topliss-reactive ketones (excluding diaryl/α,β-unsaturated/α-hetero) is 1. The molecule has 0 aromatic heterocycles. The van der Waals surface area contributed by atoms with Crippen molar-refractivity contribution in [2.45, 2.75) is 73.1 Å². The van der Waals surface area contributed by atoms with Crippen LogP contribution in [0.1, 0.15) is 68.1 Å². The van der Waals surface area contributed by atoms with Crippen LogP contribution >= 0.6 is 0 Å². The lowest BCUT2D eigenvalue weighted by atomic mass is 9.82. The molecule has 1 spiro atoms. The zero-order valence-corrected chi connectivity index (χ0v) is 21.6. The van der Waals surface area contributed by atoms with Crippen molar-refractivity contribution in [1.29, 1.82) is 0 Å². The van der Waals surface area contributed by atoms with Crippen LogP contribution in [-0.4, -0.2) is 49.2 Å². The molecule has 1 unspecified atom stereocenters. The standard InChI is InChI=1S/C26H33NO7/c1-13-11-14(2)16-19(15(13)3)33-26(20(16)28)18(23(30)32-10)17(22(29)31-9)21(34-26)27-25(7,8)12-24(4,5)6/h11H,12H2,1-10H3. The van der Waals surface area contributed by atoms with Crippen molar-refractivity contribution in [1.82, 2.24) is 0 Å². The van der Waals surface area contributed by atoms with Gasteiger partial charge in [0.2, 0.25) is 5.90 Å². The zero-order valence-electron chi connectivity index (χ0n) is 21.6. The van der Waals surface area contributed by atoms with Gasteiger partial charge in [0.05, 0.1) is 25.3 Å². The van der Waals surface area contributed by atoms with E-state index < -0.39 is 29.0 Å². The summed E-state index contributed by atoms with van der Waals surface area (Å²) in [4.78, 5) is 44.5. The van der Waals surface area contributed by atoms with Crippen LogP contribution in [0.5, 0.6) is 5.75 Å². The molecule has 0 aliphatic carbocycles. The fraction of sp³-hybridized carbons (Fsp3) is 0.538. The normalized spacial score (nSPS) is 21.0. The first-order valence-electron chi connectivity index (χ1n) is 11.1. The molecule has 2 aliphatic rings. The number of hydrogen-bond acceptors (Lipinski definition) is 8. The van der Waals surface area contributed by atoms with E-state index in [9.17, 15) is 14.4 Å². The Morgan fingerprint density at radius 3 is 2.09 bits per heavy atom. The first kappa shape index (κ1) is 25.5. The van der Waals surface area contributed by atoms with E-state index in [2.05, 4.69) is 25.8 Å². The van der Waals surface area contributed by atoms with Crippen LogP contribution in [0.25, 0.3) is 0 Å². The van der Waals surface area contributed by atoms with Crippen LogP contribution in [0.2, 0.25) is 0 Å². The predicted octanol–water partition coefficient (Wildman–Crippen LogP) is 4.17. The van der Waals surface area contributed by atoms with Crippen molar-refractivity contribution < 1.29 is 33.3 Å². The highest BCUT2D eigenvalue weighted by Gasteiger charge is 2.64. The molecular formula is C26H33NO7. The number of methoxy groups -OCH3 is 2. The minimum atomic E-state index is -2.22. The lowest BCUT2D eigenvalue weighted by molar-refractivity contribution is -0.142. The number of benzene rings is 1. The summed E-state index contributed by atoms with van der Waals surface area (Å²) in [6.45, 7) is 15.5. The van der Waals surface area contributed by atoms with Crippen molar-refractivity contribution in [3.05, 3.63) is 39.5 Å². The SMILES string of the molecule is COC(=O)C1=C(C(=O)OC)C2(OC1=NC(C)(C)CC(C)(C)C)Oc1c(C)c(C)cc(C)c1C2=O. The molecule has 0 saturated carbocycles. The van der Waals surface area contributed by atoms with E-state index in [1.54, 1.807) is 6.92 Å². The molecule has 1 aromatic carbocycles. The van der Waals surface area contributed by atoms with Crippen molar-refractivity contribution in [3.63, 3.8) is 0 Å². The van der Waals surface area contributed by atoms with Gasteiger partial charge in [-0.2, -0.15) is 0 Å². The molecule has 0 radical (unpaired) electrons. The smallest absolute Gasteiger partial charge is 0.353 e. The summed E-state index contributed by atoms with van der Waals surface area (Å²) >= 11 is 0. The maximum Gasteiger partial charge on any atom is 0.353 e. The van der Waals surface area contributed by atoms with Gasteiger partial charge in [-0.1, -0.05) is 26.8 Å². The van der Waals surface area contributed by atoms with Gasteiger partial charge in [0.1, 0.15) is 16.9 Å². The number of fused-ring (bicyclic) bond motifs is 1. The molecule has 3 rings (SSSR count). The molecule has 1 atom stereocenters. The molecule has 2 heterocycles. The molecule has 0 N–H and O–H groups in total. The molecule has 1 aromatic rings. The largest absolute Gasteiger partial charge is 0.465 e. The zero-order chi connectivity index (χ0) is 25.8. The Hall–Kier alpha value is -3.16. The van der Waals surface area contributed by atoms with Crippen LogP contribution in [-0.2, 0) is 23.8 Å². The summed E-state index contributed by atoms with van der Waals surface area (Å²) < 4.78 is 22.1. The molecule has 0 saturated heterocycles. The Morgan fingerprint density at radius 1 is 0.971 bits per heavy atom. The maximum atomic E-state index is 13.8. The Morgan fingerprint density at radius 2 is 1.56 bits per heavy atom. The van der Waals surface area contributed by atoms with Crippen LogP contribution in [0.4, 0.5) is 0 Å². The van der Waals surface area contributed by atoms with Gasteiger partial charge in [-0.05, 0) is 63.1 Å². The van der Waals surface area contributed by atoms with Crippen molar-refractivity contribution in [3.8, 4) is 5.75 Å². The van der Waals surface area contributed by atoms with Crippen molar-refractivity contribution in [2.24, 2.45) is 10.4 Å². The Kier molecular flexibility index (Phi) is 6.18. The Labute approximate surface area is 200 Å². The van der Waals surface area contributed by atoms with Crippen LogP contribution in [0.15, 0.2) is 22.2 Å². The lowest BCUT2D eigenvalue weighted by Gasteiger charge is -2.30. The van der Waals surface area contributed by atoms with Gasteiger partial charge in [-0.15, -0.1) is 0 Å². The molecule has 2 aliphatic heterocycles. The third-order valence-corrected chi connectivity index (χ3v) is 5.94. The Bertz CT molecular complexity index is 1150. The molecule has 184 valence electrons. The number of hydrogen-bond donors (Lipinski definition) is 0. The fourth-order valence-electron chi connectivity index (χ4n) is 4.88. The number of ketones is 1. The van der Waals surface area contributed by atoms with Gasteiger partial charge >= 0.3 is 17.7 Å². The highest BCUT2D eigenvalue weighted by atomic mass is 16.7. The quantitative estimate of drug-likeness (QED) is 0.608. The molecule has 0 bridgehead atoms. The predicted molar refractivity (Wildman–Crippen MR) is 126 cm³/mol. The van der Waals surface area contributed by atoms with E-state index in [4.69, 9.17) is 18.9 Å². The summed E-state index contributed by atoms with van der Waals surface area (Å²) in [7, 11) is 2.33. The van der Waals surface area contributed by atoms with Gasteiger partial charge in [0.15, 0.2) is 0 Å². The maximum absolute atomic E-state index is 13.8. The number of aliphatic imine (C=N–C) groups is 1. The summed E-state index contributed by atoms with van der Waals surface area (Å²) in [5.41, 5.74) is 1.18. The van der Waals surface area contributed by atoms with Gasteiger partial charge in [-0.25, -0.2) is 14.6 Å². The number of aryl methyl sites for hydroxylation is 2. The molecular weight excluding hydrogens is 438 g/mol. The van der Waals surface area contributed by atoms with E-state index in [1.807, 2.05) is 33.8 Å². The van der Waals surface area contributed by atoms with Gasteiger partial charge in [0, 0.05) is 0 Å². The second-order valence-electron chi connectivity index (χ2n) is 10.7. The van der Waals surface area contributed by atoms with E-state index in [0.717, 1.165) is 18.2 Å². The highest BCUT2D eigenvalue weighted by molar-refractivity contribution is 6.28. The second kappa shape index (κ2) is 8.25. The summed E-state index contributed by atoms with van der Waals surface area (Å²) in [5, 5.41) is 0. The molecule has 34 heavy (non-hydrogen) atoms. The van der Waals surface area contributed by atoms with E-state index in [1.165, 1.54) is 7.11 Å². The minimum absolute atomic E-state index is 0.0914. The first-order valence-corrected chi connectivity index (χ1v) is 11.1. The van der Waals surface area contributed by atoms with E-state index in [0.29, 0.717) is 23.3 Å². The second-order valence-corrected chi connectivity index (χ2v) is 10.7. The van der Waals surface area contributed by atoms with Crippen LogP contribution < -0.4 is 4.74 Å². The number of carbonyl (C=O) groups excluding carboxylic acids is 3. The molecule has 8 heteroatoms. The number of nitrogens with zero attached hydrogens (tertiary/aromatic N) is 1. The van der Waals surface area contributed by atoms with E-state index >= 15 is 0 Å². The third-order valence-electron chi connectivity index (χ3n) is 5.94. The molecule has 0 fully saturated rings. The van der Waals surface area contributed by atoms with Gasteiger partial charge in [-0.3, -0.25) is 4.79 Å². The fourth-order valence-corrected chi connectivity index (χ4v) is 4.88. The minimum Gasteiger partial charge on any atom is -0.465 e. The van der Waals surface area contributed by atoms with Crippen molar-refractivity contribution in [2.75, 3.05) is 14.2 Å². The Balaban J connectivity index is 2.31. The van der Waals surface area contributed by atoms with E-state index in [-0.39, 0.29) is 22.5 Å². The highest BCUT2D eigenvalue weighted by Crippen LogP contribution is 2.49. The first-order chi connectivity index (χ1) is 15.6. The van der Waals surface area contributed by atoms with Gasteiger partial charge in [0.25, 0.3) is 5.78 Å². The van der Waals surface area contributed by atoms with Crippen LogP contribution in [0.3, 0.4) is 0 Å². The average Bonchev–Trinajstić information content (AvgIpc) is 3.17. The number of rotatable bonds is 4. The average molecular weight is 472 g/mol.